The Kier molecular flexibility index (Phi) is 5.19. The highest BCUT2D eigenvalue weighted by molar-refractivity contribution is 6.15. The van der Waals surface area contributed by atoms with Crippen LogP contribution in [0.5, 0.6) is 0 Å². The van der Waals surface area contributed by atoms with E-state index in [4.69, 9.17) is 23.8 Å². The highest BCUT2D eigenvalue weighted by Gasteiger charge is 2.20. The van der Waals surface area contributed by atoms with Crippen molar-refractivity contribution >= 4 is 65.6 Å². The Bertz CT molecular complexity index is 2830. The second-order valence-electron chi connectivity index (χ2n) is 11.5. The predicted molar refractivity (Wildman–Crippen MR) is 183 cm³/mol. The minimum atomic E-state index is 0.567. The zero-order valence-corrected chi connectivity index (χ0v) is 24.3. The summed E-state index contributed by atoms with van der Waals surface area (Å²) in [6.07, 6.45) is 1.80. The van der Waals surface area contributed by atoms with Crippen molar-refractivity contribution in [3.05, 3.63) is 134 Å². The molecule has 0 spiro atoms. The van der Waals surface area contributed by atoms with Crippen LogP contribution < -0.4 is 0 Å². The van der Waals surface area contributed by atoms with Crippen LogP contribution in [0.15, 0.2) is 142 Å². The first-order valence-corrected chi connectivity index (χ1v) is 15.1. The second-order valence-corrected chi connectivity index (χ2v) is 11.5. The largest absolute Gasteiger partial charge is 0.456 e. The summed E-state index contributed by atoms with van der Waals surface area (Å²) in [6, 6.07) is 42.9. The second kappa shape index (κ2) is 9.55. The average Bonchev–Trinajstić information content (AvgIpc) is 3.68. The molecule has 0 saturated carbocycles. The van der Waals surface area contributed by atoms with Gasteiger partial charge in [-0.25, -0.2) is 15.0 Å². The van der Waals surface area contributed by atoms with Crippen molar-refractivity contribution in [2.75, 3.05) is 0 Å². The standard InChI is InChI=1S/C40H22N4O2/c1-2-9-24-20-26(18-17-23(24)8-1)38-42-39(28-12-5-15-33-36(28)27-11-3-4-14-32(27)45-33)44-40(43-38)29-13-6-16-34-37(29)30-21-25-10-7-19-41-31(25)22-35(30)46-34/h1-22H. The van der Waals surface area contributed by atoms with Gasteiger partial charge in [-0.1, -0.05) is 84.9 Å². The third-order valence-corrected chi connectivity index (χ3v) is 8.75. The fourth-order valence-corrected chi connectivity index (χ4v) is 6.62. The number of benzene rings is 6. The van der Waals surface area contributed by atoms with E-state index in [0.717, 1.165) is 82.2 Å². The number of hydrogen-bond donors (Lipinski definition) is 0. The molecule has 0 bridgehead atoms. The predicted octanol–water partition coefficient (Wildman–Crippen LogP) is 10.4. The summed E-state index contributed by atoms with van der Waals surface area (Å²) in [5.74, 6) is 1.73. The molecule has 0 aliphatic carbocycles. The van der Waals surface area contributed by atoms with E-state index in [9.17, 15) is 0 Å². The molecule has 0 radical (unpaired) electrons. The monoisotopic (exact) mass is 590 g/mol. The van der Waals surface area contributed by atoms with Crippen LogP contribution in [0.3, 0.4) is 0 Å². The lowest BCUT2D eigenvalue weighted by atomic mass is 10.0. The number of rotatable bonds is 3. The van der Waals surface area contributed by atoms with E-state index in [1.807, 2.05) is 66.7 Å². The molecule has 46 heavy (non-hydrogen) atoms. The third-order valence-electron chi connectivity index (χ3n) is 8.75. The number of pyridine rings is 1. The minimum Gasteiger partial charge on any atom is -0.456 e. The topological polar surface area (TPSA) is 77.8 Å². The van der Waals surface area contributed by atoms with Crippen molar-refractivity contribution in [1.82, 2.24) is 19.9 Å². The van der Waals surface area contributed by atoms with Gasteiger partial charge in [-0.05, 0) is 47.2 Å². The van der Waals surface area contributed by atoms with Crippen LogP contribution >= 0.6 is 0 Å². The minimum absolute atomic E-state index is 0.567. The van der Waals surface area contributed by atoms with Gasteiger partial charge in [0.1, 0.15) is 22.3 Å². The maximum Gasteiger partial charge on any atom is 0.164 e. The fraction of sp³-hybridized carbons (Fsp3) is 0. The Labute approximate surface area is 261 Å². The Morgan fingerprint density at radius 2 is 1.07 bits per heavy atom. The van der Waals surface area contributed by atoms with Gasteiger partial charge in [0.15, 0.2) is 17.5 Å². The van der Waals surface area contributed by atoms with Crippen LogP contribution in [0.1, 0.15) is 0 Å². The maximum atomic E-state index is 6.37. The summed E-state index contributed by atoms with van der Waals surface area (Å²) in [6.45, 7) is 0. The Balaban J connectivity index is 1.28. The molecule has 6 nitrogen and oxygen atoms in total. The Morgan fingerprint density at radius 1 is 0.413 bits per heavy atom. The smallest absolute Gasteiger partial charge is 0.164 e. The van der Waals surface area contributed by atoms with E-state index in [0.29, 0.717) is 17.5 Å². The quantitative estimate of drug-likeness (QED) is 0.204. The molecule has 10 rings (SSSR count). The molecule has 0 aliphatic heterocycles. The van der Waals surface area contributed by atoms with E-state index in [1.54, 1.807) is 6.20 Å². The summed E-state index contributed by atoms with van der Waals surface area (Å²) in [5, 5.41) is 7.26. The van der Waals surface area contributed by atoms with Crippen LogP contribution in [0, 0.1) is 0 Å². The molecule has 6 heteroatoms. The van der Waals surface area contributed by atoms with Gasteiger partial charge in [0, 0.05) is 55.9 Å². The molecule has 4 heterocycles. The number of aromatic nitrogens is 4. The molecule has 0 atom stereocenters. The molecule has 0 aliphatic rings. The van der Waals surface area contributed by atoms with Crippen LogP contribution in [-0.4, -0.2) is 19.9 Å². The van der Waals surface area contributed by atoms with E-state index in [-0.39, 0.29) is 0 Å². The molecule has 4 aromatic heterocycles. The SMILES string of the molecule is c1ccc2cc(-c3nc(-c4cccc5oc6ccccc6c45)nc(-c4cccc5oc6cc7ncccc7cc6c45)n3)ccc2c1. The Morgan fingerprint density at radius 3 is 1.89 bits per heavy atom. The molecule has 0 amide bonds. The summed E-state index contributed by atoms with van der Waals surface area (Å²) in [7, 11) is 0. The van der Waals surface area contributed by atoms with Crippen molar-refractivity contribution in [1.29, 1.82) is 0 Å². The summed E-state index contributed by atoms with van der Waals surface area (Å²) in [4.78, 5) is 20.0. The lowest BCUT2D eigenvalue weighted by Gasteiger charge is -2.10. The summed E-state index contributed by atoms with van der Waals surface area (Å²) >= 11 is 0. The van der Waals surface area contributed by atoms with Gasteiger partial charge < -0.3 is 8.83 Å². The Hall–Kier alpha value is -6.40. The van der Waals surface area contributed by atoms with Gasteiger partial charge in [0.2, 0.25) is 0 Å². The van der Waals surface area contributed by atoms with Crippen molar-refractivity contribution < 1.29 is 8.83 Å². The maximum absolute atomic E-state index is 6.37. The van der Waals surface area contributed by atoms with Crippen molar-refractivity contribution in [3.8, 4) is 34.2 Å². The van der Waals surface area contributed by atoms with E-state index < -0.39 is 0 Å². The molecule has 0 N–H and O–H groups in total. The summed E-state index contributed by atoms with van der Waals surface area (Å²) in [5.41, 5.74) is 6.70. The number of hydrogen-bond acceptors (Lipinski definition) is 6. The fourth-order valence-electron chi connectivity index (χ4n) is 6.62. The first-order valence-electron chi connectivity index (χ1n) is 15.1. The molecule has 214 valence electrons. The lowest BCUT2D eigenvalue weighted by molar-refractivity contribution is 0.669. The molecule has 6 aromatic carbocycles. The van der Waals surface area contributed by atoms with E-state index in [2.05, 4.69) is 65.6 Å². The molecular formula is C40H22N4O2. The molecule has 10 aromatic rings. The van der Waals surface area contributed by atoms with Crippen molar-refractivity contribution in [3.63, 3.8) is 0 Å². The number of para-hydroxylation sites is 1. The van der Waals surface area contributed by atoms with Gasteiger partial charge in [0.25, 0.3) is 0 Å². The van der Waals surface area contributed by atoms with Gasteiger partial charge in [-0.3, -0.25) is 4.98 Å². The number of fused-ring (bicyclic) bond motifs is 8. The molecule has 0 saturated heterocycles. The normalized spacial score (nSPS) is 11.9. The highest BCUT2D eigenvalue weighted by Crippen LogP contribution is 2.40. The first-order chi connectivity index (χ1) is 22.8. The summed E-state index contributed by atoms with van der Waals surface area (Å²) < 4.78 is 12.6. The lowest BCUT2D eigenvalue weighted by Crippen LogP contribution is -2.00. The average molecular weight is 591 g/mol. The van der Waals surface area contributed by atoms with E-state index in [1.165, 1.54) is 0 Å². The van der Waals surface area contributed by atoms with Crippen LogP contribution in [-0.2, 0) is 0 Å². The van der Waals surface area contributed by atoms with Crippen molar-refractivity contribution in [2.24, 2.45) is 0 Å². The van der Waals surface area contributed by atoms with Gasteiger partial charge in [-0.2, -0.15) is 0 Å². The number of furan rings is 2. The van der Waals surface area contributed by atoms with Crippen LogP contribution in [0.4, 0.5) is 0 Å². The molecule has 0 unspecified atom stereocenters. The number of nitrogens with zero attached hydrogens (tertiary/aromatic N) is 4. The third kappa shape index (κ3) is 3.77. The molecule has 0 fully saturated rings. The van der Waals surface area contributed by atoms with Gasteiger partial charge >= 0.3 is 0 Å². The van der Waals surface area contributed by atoms with Gasteiger partial charge in [0.05, 0.1) is 5.52 Å². The van der Waals surface area contributed by atoms with Crippen LogP contribution in [0.2, 0.25) is 0 Å². The van der Waals surface area contributed by atoms with Crippen LogP contribution in [0.25, 0.3) is 99.7 Å². The zero-order valence-electron chi connectivity index (χ0n) is 24.3. The van der Waals surface area contributed by atoms with Gasteiger partial charge in [-0.15, -0.1) is 0 Å². The highest BCUT2D eigenvalue weighted by atomic mass is 16.3. The molecular weight excluding hydrogens is 568 g/mol. The van der Waals surface area contributed by atoms with Crippen molar-refractivity contribution in [2.45, 2.75) is 0 Å². The zero-order chi connectivity index (χ0) is 30.2. The first kappa shape index (κ1) is 25.0. The van der Waals surface area contributed by atoms with E-state index >= 15 is 0 Å².